The minimum atomic E-state index is -2.48. The molecular weight excluding hydrogens is 226 g/mol. The molecule has 0 fully saturated rings. The average molecular weight is 233 g/mol. The number of nitrogens with one attached hydrogen (secondary N) is 1. The molecule has 7 nitrogen and oxygen atoms in total. The van der Waals surface area contributed by atoms with Crippen molar-refractivity contribution in [3.05, 3.63) is 35.4 Å². The zero-order chi connectivity index (χ0) is 12.6. The van der Waals surface area contributed by atoms with Gasteiger partial charge in [0.15, 0.2) is 0 Å². The van der Waals surface area contributed by atoms with E-state index in [0.717, 1.165) is 0 Å². The molecule has 1 aliphatic heterocycles. The van der Waals surface area contributed by atoms with Crippen LogP contribution < -0.4 is 5.32 Å². The van der Waals surface area contributed by atoms with Gasteiger partial charge in [0, 0.05) is 11.3 Å². The molecule has 3 N–H and O–H groups in total. The highest BCUT2D eigenvalue weighted by molar-refractivity contribution is 6.43. The van der Waals surface area contributed by atoms with Gasteiger partial charge in [-0.05, 0) is 6.07 Å². The third-order valence-electron chi connectivity index (χ3n) is 2.54. The summed E-state index contributed by atoms with van der Waals surface area (Å²) in [5.41, 5.74) is 5.44. The molecule has 1 aliphatic rings. The number of para-hydroxylation sites is 1. The summed E-state index contributed by atoms with van der Waals surface area (Å²) in [6.07, 6.45) is 0. The van der Waals surface area contributed by atoms with E-state index in [-0.39, 0.29) is 11.3 Å². The Morgan fingerprint density at radius 3 is 2.65 bits per heavy atom. The monoisotopic (exact) mass is 233 g/mol. The number of aliphatic hydroxyl groups is 1. The maximum atomic E-state index is 11.6. The normalized spacial score (nSPS) is 21.4. The van der Waals surface area contributed by atoms with Crippen LogP contribution in [0.4, 0.5) is 5.69 Å². The lowest BCUT2D eigenvalue weighted by Gasteiger charge is -2.12. The molecule has 0 saturated carbocycles. The summed E-state index contributed by atoms with van der Waals surface area (Å²) in [6, 6.07) is 6.02. The molecule has 0 radical (unpaired) electrons. The molecule has 0 aliphatic carbocycles. The van der Waals surface area contributed by atoms with Crippen LogP contribution in [0.3, 0.4) is 0 Å². The second-order valence-electron chi connectivity index (χ2n) is 3.46. The quantitative estimate of drug-likeness (QED) is 0.364. The summed E-state index contributed by atoms with van der Waals surface area (Å²) in [7, 11) is 0. The second-order valence-corrected chi connectivity index (χ2v) is 3.46. The Hall–Kier alpha value is -2.50. The summed E-state index contributed by atoms with van der Waals surface area (Å²) < 4.78 is 0. The standard InChI is InChI=1S/C10H7N3O4/c11-13-7(8(14)15)10(17)5-3-1-2-4-6(5)12-9(10)16/h1-4,17H,(H,12,16)(H,14,15). The lowest BCUT2D eigenvalue weighted by atomic mass is 9.90. The Morgan fingerprint density at radius 2 is 2.06 bits per heavy atom. The van der Waals surface area contributed by atoms with Crippen molar-refractivity contribution in [3.8, 4) is 0 Å². The number of carboxylic acid groups (broad SMARTS) is 1. The molecule has 0 saturated heterocycles. The smallest absolute Gasteiger partial charge is 0.421 e. The van der Waals surface area contributed by atoms with Crippen LogP contribution in [-0.4, -0.2) is 32.6 Å². The van der Waals surface area contributed by atoms with Crippen molar-refractivity contribution in [2.45, 2.75) is 5.60 Å². The van der Waals surface area contributed by atoms with E-state index in [1.54, 1.807) is 6.07 Å². The first-order valence-electron chi connectivity index (χ1n) is 4.61. The van der Waals surface area contributed by atoms with Crippen molar-refractivity contribution >= 4 is 23.3 Å². The van der Waals surface area contributed by atoms with Gasteiger partial charge in [0.2, 0.25) is 0 Å². The summed E-state index contributed by atoms with van der Waals surface area (Å²) in [6.45, 7) is 0. The average Bonchev–Trinajstić information content (AvgIpc) is 2.53. The Labute approximate surface area is 94.9 Å². The molecule has 1 aromatic carbocycles. The summed E-state index contributed by atoms with van der Waals surface area (Å²) in [5, 5.41) is 21.3. The molecular formula is C10H7N3O4. The molecule has 1 amide bonds. The fourth-order valence-electron chi connectivity index (χ4n) is 1.75. The molecule has 1 atom stereocenters. The Balaban J connectivity index is 2.70. The first kappa shape index (κ1) is 11.0. The van der Waals surface area contributed by atoms with E-state index in [4.69, 9.17) is 10.6 Å². The maximum absolute atomic E-state index is 11.6. The molecule has 1 heterocycles. The van der Waals surface area contributed by atoms with Crippen LogP contribution in [0, 0.1) is 0 Å². The van der Waals surface area contributed by atoms with Crippen molar-refractivity contribution < 1.29 is 24.6 Å². The number of nitrogens with zero attached hydrogens (tertiary/aromatic N) is 2. The third kappa shape index (κ3) is 1.34. The summed E-state index contributed by atoms with van der Waals surface area (Å²) in [4.78, 5) is 25.0. The van der Waals surface area contributed by atoms with Crippen LogP contribution >= 0.6 is 0 Å². The SMILES string of the molecule is [N-]=[N+]=C(C(=O)O)C1(O)C(=O)Nc2ccccc21. The van der Waals surface area contributed by atoms with Crippen LogP contribution in [0.1, 0.15) is 5.56 Å². The van der Waals surface area contributed by atoms with Crippen LogP contribution in [-0.2, 0) is 15.2 Å². The van der Waals surface area contributed by atoms with Crippen LogP contribution in [0.25, 0.3) is 5.53 Å². The van der Waals surface area contributed by atoms with E-state index in [1.807, 2.05) is 0 Å². The topological polar surface area (TPSA) is 123 Å². The van der Waals surface area contributed by atoms with E-state index in [1.165, 1.54) is 18.2 Å². The van der Waals surface area contributed by atoms with E-state index < -0.39 is 23.2 Å². The number of hydrogen-bond donors (Lipinski definition) is 3. The van der Waals surface area contributed by atoms with Crippen LogP contribution in [0.2, 0.25) is 0 Å². The molecule has 0 bridgehead atoms. The molecule has 1 unspecified atom stereocenters. The number of carboxylic acids is 1. The van der Waals surface area contributed by atoms with Gasteiger partial charge in [0.05, 0.1) is 0 Å². The number of amides is 1. The van der Waals surface area contributed by atoms with E-state index in [9.17, 15) is 14.7 Å². The molecule has 7 heteroatoms. The Morgan fingerprint density at radius 1 is 1.41 bits per heavy atom. The number of anilines is 1. The van der Waals surface area contributed by atoms with Gasteiger partial charge < -0.3 is 21.1 Å². The number of hydrogen-bond acceptors (Lipinski definition) is 3. The minimum Gasteiger partial charge on any atom is -0.473 e. The van der Waals surface area contributed by atoms with Crippen LogP contribution in [0.5, 0.6) is 0 Å². The van der Waals surface area contributed by atoms with Gasteiger partial charge in [-0.2, -0.15) is 4.79 Å². The third-order valence-corrected chi connectivity index (χ3v) is 2.54. The predicted octanol–water partition coefficient (Wildman–Crippen LogP) is -0.418. The molecule has 0 spiro atoms. The summed E-state index contributed by atoms with van der Waals surface area (Å²) >= 11 is 0. The number of benzene rings is 1. The highest BCUT2D eigenvalue weighted by Gasteiger charge is 2.58. The number of rotatable bonds is 2. The zero-order valence-corrected chi connectivity index (χ0v) is 8.41. The Bertz CT molecular complexity index is 577. The lowest BCUT2D eigenvalue weighted by Crippen LogP contribution is -2.46. The van der Waals surface area contributed by atoms with Gasteiger partial charge in [0.1, 0.15) is 0 Å². The molecule has 17 heavy (non-hydrogen) atoms. The van der Waals surface area contributed by atoms with Crippen molar-refractivity contribution in [1.82, 2.24) is 0 Å². The zero-order valence-electron chi connectivity index (χ0n) is 8.41. The van der Waals surface area contributed by atoms with Gasteiger partial charge in [-0.1, -0.05) is 18.2 Å². The highest BCUT2D eigenvalue weighted by atomic mass is 16.4. The highest BCUT2D eigenvalue weighted by Crippen LogP contribution is 2.36. The molecule has 0 aromatic heterocycles. The van der Waals surface area contributed by atoms with Crippen molar-refractivity contribution in [2.24, 2.45) is 0 Å². The lowest BCUT2D eigenvalue weighted by molar-refractivity contribution is -0.143. The number of aliphatic carboxylic acids is 1. The van der Waals surface area contributed by atoms with Crippen molar-refractivity contribution in [1.29, 1.82) is 0 Å². The molecule has 1 aromatic rings. The van der Waals surface area contributed by atoms with E-state index in [0.29, 0.717) is 0 Å². The first-order chi connectivity index (χ1) is 8.01. The van der Waals surface area contributed by atoms with E-state index >= 15 is 0 Å². The van der Waals surface area contributed by atoms with Gasteiger partial charge in [-0.25, -0.2) is 4.79 Å². The van der Waals surface area contributed by atoms with Gasteiger partial charge in [0.25, 0.3) is 11.5 Å². The minimum absolute atomic E-state index is 0.0419. The van der Waals surface area contributed by atoms with Crippen LogP contribution in [0.15, 0.2) is 24.3 Å². The number of carbonyl (C=O) groups is 2. The number of fused-ring (bicyclic) bond motifs is 1. The van der Waals surface area contributed by atoms with Crippen molar-refractivity contribution in [2.75, 3.05) is 5.32 Å². The van der Waals surface area contributed by atoms with Gasteiger partial charge in [-0.15, -0.1) is 0 Å². The van der Waals surface area contributed by atoms with Crippen molar-refractivity contribution in [3.63, 3.8) is 0 Å². The first-order valence-corrected chi connectivity index (χ1v) is 4.61. The molecule has 86 valence electrons. The second kappa shape index (κ2) is 3.51. The Kier molecular flexibility index (Phi) is 2.27. The maximum Gasteiger partial charge on any atom is 0.421 e. The summed E-state index contributed by atoms with van der Waals surface area (Å²) in [5.74, 6) is -2.64. The fraction of sp³-hybridized carbons (Fsp3) is 0.100. The van der Waals surface area contributed by atoms with Gasteiger partial charge in [-0.3, -0.25) is 4.79 Å². The number of carbonyl (C=O) groups excluding carboxylic acids is 1. The predicted molar refractivity (Wildman–Crippen MR) is 55.2 cm³/mol. The van der Waals surface area contributed by atoms with Gasteiger partial charge >= 0.3 is 11.7 Å². The van der Waals surface area contributed by atoms with E-state index in [2.05, 4.69) is 10.1 Å². The fourth-order valence-corrected chi connectivity index (χ4v) is 1.75. The largest absolute Gasteiger partial charge is 0.473 e. The molecule has 2 rings (SSSR count).